The number of ether oxygens (including phenoxy) is 1. The molecule has 0 amide bonds. The van der Waals surface area contributed by atoms with Gasteiger partial charge in [0, 0.05) is 10.5 Å². The van der Waals surface area contributed by atoms with Crippen LogP contribution in [0.3, 0.4) is 0 Å². The van der Waals surface area contributed by atoms with Gasteiger partial charge in [0.15, 0.2) is 11.4 Å². The summed E-state index contributed by atoms with van der Waals surface area (Å²) in [5.74, 6) is 0.595. The number of carbonyl (C=O) groups excluding carboxylic acids is 1. The summed E-state index contributed by atoms with van der Waals surface area (Å²) in [7, 11) is 0. The second-order valence-electron chi connectivity index (χ2n) is 8.53. The van der Waals surface area contributed by atoms with Gasteiger partial charge in [0.2, 0.25) is 0 Å². The van der Waals surface area contributed by atoms with Crippen molar-refractivity contribution in [2.45, 2.75) is 70.8 Å². The zero-order valence-corrected chi connectivity index (χ0v) is 20.6. The highest BCUT2D eigenvalue weighted by Gasteiger charge is 2.30. The van der Waals surface area contributed by atoms with Gasteiger partial charge in [-0.05, 0) is 99.0 Å². The molecule has 0 aliphatic carbocycles. The lowest BCUT2D eigenvalue weighted by Crippen LogP contribution is -2.38. The van der Waals surface area contributed by atoms with E-state index in [0.717, 1.165) is 22.4 Å². The van der Waals surface area contributed by atoms with E-state index in [4.69, 9.17) is 4.74 Å². The summed E-state index contributed by atoms with van der Waals surface area (Å²) in [6, 6.07) is 11.6. The minimum absolute atomic E-state index is 0.0489. The van der Waals surface area contributed by atoms with Crippen molar-refractivity contribution in [3.8, 4) is 5.75 Å². The van der Waals surface area contributed by atoms with Gasteiger partial charge in [-0.3, -0.25) is 4.79 Å². The Hall–Kier alpha value is -2.53. The van der Waals surface area contributed by atoms with Gasteiger partial charge in [-0.1, -0.05) is 32.3 Å². The molecule has 4 nitrogen and oxygen atoms in total. The monoisotopic (exact) mass is 454 g/mol. The van der Waals surface area contributed by atoms with Gasteiger partial charge in [0.25, 0.3) is 0 Å². The zero-order valence-electron chi connectivity index (χ0n) is 19.7. The molecule has 5 heteroatoms. The number of carboxylic acid groups (broad SMARTS) is 1. The topological polar surface area (TPSA) is 63.6 Å². The molecule has 0 saturated heterocycles. The van der Waals surface area contributed by atoms with E-state index in [2.05, 4.69) is 6.92 Å². The number of rotatable bonds is 12. The molecule has 0 spiro atoms. The van der Waals surface area contributed by atoms with Crippen LogP contribution < -0.4 is 4.74 Å². The lowest BCUT2D eigenvalue weighted by molar-refractivity contribution is -0.152. The summed E-state index contributed by atoms with van der Waals surface area (Å²) in [4.78, 5) is 25.1. The fourth-order valence-electron chi connectivity index (χ4n) is 3.24. The first kappa shape index (κ1) is 25.7. The number of unbranched alkanes of at least 4 members (excludes halogenated alkanes) is 3. The maximum absolute atomic E-state index is 12.6. The molecule has 2 aromatic rings. The Morgan fingerprint density at radius 1 is 1.03 bits per heavy atom. The van der Waals surface area contributed by atoms with Crippen LogP contribution >= 0.6 is 11.8 Å². The van der Waals surface area contributed by atoms with Gasteiger partial charge in [-0.25, -0.2) is 4.79 Å². The lowest BCUT2D eigenvalue weighted by atomic mass is 10.0. The highest BCUT2D eigenvalue weighted by molar-refractivity contribution is 7.99. The molecule has 0 atom stereocenters. The number of thioether (sulfide) groups is 1. The normalized spacial score (nSPS) is 11.7. The number of carbonyl (C=O) groups is 2. The predicted octanol–water partition coefficient (Wildman–Crippen LogP) is 7.11. The van der Waals surface area contributed by atoms with E-state index in [-0.39, 0.29) is 5.78 Å². The van der Waals surface area contributed by atoms with E-state index in [9.17, 15) is 14.7 Å². The van der Waals surface area contributed by atoms with Crippen molar-refractivity contribution in [3.05, 3.63) is 64.7 Å². The summed E-state index contributed by atoms with van der Waals surface area (Å²) < 4.78 is 5.74. The van der Waals surface area contributed by atoms with Gasteiger partial charge >= 0.3 is 5.97 Å². The third-order valence-corrected chi connectivity index (χ3v) is 6.29. The van der Waals surface area contributed by atoms with Crippen molar-refractivity contribution in [3.63, 3.8) is 0 Å². The smallest absolute Gasteiger partial charge is 0.347 e. The Labute approximate surface area is 196 Å². The van der Waals surface area contributed by atoms with Crippen LogP contribution in [0.2, 0.25) is 0 Å². The van der Waals surface area contributed by atoms with Gasteiger partial charge in [-0.2, -0.15) is 0 Å². The third-order valence-electron chi connectivity index (χ3n) is 5.19. The summed E-state index contributed by atoms with van der Waals surface area (Å²) in [6.45, 7) is 9.01. The van der Waals surface area contributed by atoms with Crippen LogP contribution in [0.5, 0.6) is 5.75 Å². The van der Waals surface area contributed by atoms with Crippen LogP contribution in [0.25, 0.3) is 6.08 Å². The molecule has 0 heterocycles. The molecule has 0 radical (unpaired) electrons. The van der Waals surface area contributed by atoms with E-state index in [1.807, 2.05) is 62.0 Å². The Morgan fingerprint density at radius 2 is 1.66 bits per heavy atom. The number of aryl methyl sites for hydroxylation is 2. The van der Waals surface area contributed by atoms with E-state index < -0.39 is 11.6 Å². The van der Waals surface area contributed by atoms with Crippen molar-refractivity contribution in [1.29, 1.82) is 0 Å². The van der Waals surface area contributed by atoms with E-state index in [1.54, 1.807) is 12.2 Å². The van der Waals surface area contributed by atoms with Gasteiger partial charge in [0.05, 0.1) is 0 Å². The standard InChI is InChI=1S/C27H34O4S/c1-6-7-8-9-16-32-23-13-11-22(12-14-23)24(28)15-10-21-17-19(2)25(20(3)18-21)31-27(4,5)26(29)30/h10-15,17-18H,6-9,16H2,1-5H3,(H,29,30). The van der Waals surface area contributed by atoms with E-state index in [0.29, 0.717) is 11.3 Å². The largest absolute Gasteiger partial charge is 0.478 e. The van der Waals surface area contributed by atoms with Crippen LogP contribution in [0.1, 0.15) is 73.5 Å². The lowest BCUT2D eigenvalue weighted by Gasteiger charge is -2.24. The van der Waals surface area contributed by atoms with Crippen LogP contribution in [-0.2, 0) is 4.79 Å². The number of hydrogen-bond donors (Lipinski definition) is 1. The summed E-state index contributed by atoms with van der Waals surface area (Å²) in [5, 5.41) is 9.31. The molecule has 0 aromatic heterocycles. The maximum atomic E-state index is 12.6. The third kappa shape index (κ3) is 7.56. The fourth-order valence-corrected chi connectivity index (χ4v) is 4.15. The van der Waals surface area contributed by atoms with Crippen LogP contribution in [0, 0.1) is 13.8 Å². The molecule has 1 N–H and O–H groups in total. The zero-order chi connectivity index (χ0) is 23.7. The molecule has 2 rings (SSSR count). The quantitative estimate of drug-likeness (QED) is 0.160. The summed E-state index contributed by atoms with van der Waals surface area (Å²) in [6.07, 6.45) is 8.38. The van der Waals surface area contributed by atoms with E-state index >= 15 is 0 Å². The van der Waals surface area contributed by atoms with Crippen molar-refractivity contribution >= 4 is 29.6 Å². The molecule has 32 heavy (non-hydrogen) atoms. The second-order valence-corrected chi connectivity index (χ2v) is 9.70. The molecule has 2 aromatic carbocycles. The molecule has 0 aliphatic rings. The van der Waals surface area contributed by atoms with Crippen molar-refractivity contribution in [1.82, 2.24) is 0 Å². The maximum Gasteiger partial charge on any atom is 0.347 e. The predicted molar refractivity (Wildman–Crippen MR) is 133 cm³/mol. The van der Waals surface area contributed by atoms with Gasteiger partial charge in [-0.15, -0.1) is 11.8 Å². The summed E-state index contributed by atoms with van der Waals surface area (Å²) in [5.41, 5.74) is 1.86. The number of hydrogen-bond acceptors (Lipinski definition) is 4. The van der Waals surface area contributed by atoms with Crippen molar-refractivity contribution in [2.24, 2.45) is 0 Å². The molecule has 172 valence electrons. The highest BCUT2D eigenvalue weighted by Crippen LogP contribution is 2.29. The highest BCUT2D eigenvalue weighted by atomic mass is 32.2. The minimum Gasteiger partial charge on any atom is -0.478 e. The molecule has 0 fully saturated rings. The molecule has 0 bridgehead atoms. The summed E-state index contributed by atoms with van der Waals surface area (Å²) >= 11 is 1.83. The van der Waals surface area contributed by atoms with Gasteiger partial charge in [0.1, 0.15) is 5.75 Å². The fraction of sp³-hybridized carbons (Fsp3) is 0.407. The Bertz CT molecular complexity index is 935. The Morgan fingerprint density at radius 3 is 2.22 bits per heavy atom. The number of aliphatic carboxylic acids is 1. The average Bonchev–Trinajstić information content (AvgIpc) is 2.75. The molecule has 0 saturated carbocycles. The van der Waals surface area contributed by atoms with Crippen LogP contribution in [0.4, 0.5) is 0 Å². The van der Waals surface area contributed by atoms with Crippen LogP contribution in [-0.4, -0.2) is 28.2 Å². The van der Waals surface area contributed by atoms with Gasteiger partial charge < -0.3 is 9.84 Å². The Kier molecular flexibility index (Phi) is 9.58. The molecular weight excluding hydrogens is 420 g/mol. The second kappa shape index (κ2) is 11.9. The molecule has 0 unspecified atom stereocenters. The number of ketones is 1. The van der Waals surface area contributed by atoms with E-state index in [1.165, 1.54) is 44.4 Å². The van der Waals surface area contributed by atoms with Crippen molar-refractivity contribution in [2.75, 3.05) is 5.75 Å². The Balaban J connectivity index is 2.02. The first-order valence-electron chi connectivity index (χ1n) is 11.1. The van der Waals surface area contributed by atoms with Crippen molar-refractivity contribution < 1.29 is 19.4 Å². The average molecular weight is 455 g/mol. The van der Waals surface area contributed by atoms with Crippen LogP contribution in [0.15, 0.2) is 47.4 Å². The minimum atomic E-state index is -1.32. The number of carboxylic acids is 1. The SMILES string of the molecule is CCCCCCSc1ccc(C(=O)C=Cc2cc(C)c(OC(C)(C)C(=O)O)c(C)c2)cc1. The first-order valence-corrected chi connectivity index (χ1v) is 12.1. The number of benzene rings is 2. The first-order chi connectivity index (χ1) is 15.1. The number of allylic oxidation sites excluding steroid dienone is 1. The molecular formula is C27H34O4S. The molecule has 0 aliphatic heterocycles.